The van der Waals surface area contributed by atoms with Crippen LogP contribution >= 0.6 is 0 Å². The summed E-state index contributed by atoms with van der Waals surface area (Å²) >= 11 is 0. The molecule has 0 bridgehead atoms. The molecule has 2 nitrogen and oxygen atoms in total. The molecular formula is C18H17BF2N2. The Morgan fingerprint density at radius 2 is 1.78 bits per heavy atom. The highest BCUT2D eigenvalue weighted by Crippen LogP contribution is 2.40. The molecule has 2 aliphatic heterocycles. The number of hydrogen-bond acceptors (Lipinski definition) is 0. The topological polar surface area (TPSA) is 7.94 Å². The van der Waals surface area contributed by atoms with Gasteiger partial charge in [-0.15, -0.1) is 0 Å². The normalized spacial score (nSPS) is 18.0. The van der Waals surface area contributed by atoms with Crippen LogP contribution in [0.25, 0.3) is 5.57 Å². The molecule has 5 heteroatoms. The standard InChI is InChI=1S/C18H17BF2N2/c1-12-10-13(2)17(14(3)11-12)18-15-6-4-8-22(15)19(20,21)23-9-5-7-16(18)23/h4-11H,1-3H3. The van der Waals surface area contributed by atoms with E-state index in [9.17, 15) is 8.63 Å². The number of fused-ring (bicyclic) bond motifs is 2. The van der Waals surface area contributed by atoms with Gasteiger partial charge < -0.3 is 17.6 Å². The number of benzene rings is 1. The maximum Gasteiger partial charge on any atom is 0.737 e. The minimum atomic E-state index is -3.83. The largest absolute Gasteiger partial charge is 0.737 e. The van der Waals surface area contributed by atoms with Gasteiger partial charge in [0.1, 0.15) is 6.21 Å². The molecule has 2 aromatic rings. The Kier molecular flexibility index (Phi) is 2.80. The fourth-order valence-corrected chi connectivity index (χ4v) is 3.85. The van der Waals surface area contributed by atoms with Gasteiger partial charge in [0.05, 0.1) is 5.57 Å². The molecule has 0 radical (unpaired) electrons. The van der Waals surface area contributed by atoms with E-state index in [1.807, 2.05) is 13.8 Å². The van der Waals surface area contributed by atoms with Gasteiger partial charge in [0.25, 0.3) is 0 Å². The van der Waals surface area contributed by atoms with Crippen molar-refractivity contribution in [1.29, 1.82) is 0 Å². The summed E-state index contributed by atoms with van der Waals surface area (Å²) in [5, 5.41) is 0. The molecule has 0 fully saturated rings. The molecule has 3 heterocycles. The number of hydrogen-bond donors (Lipinski definition) is 0. The molecule has 0 saturated carbocycles. The van der Waals surface area contributed by atoms with Crippen LogP contribution in [-0.2, 0) is 0 Å². The molecule has 1 aromatic carbocycles. The molecule has 0 atom stereocenters. The van der Waals surface area contributed by atoms with Crippen molar-refractivity contribution >= 4 is 18.8 Å². The van der Waals surface area contributed by atoms with Crippen LogP contribution in [0, 0.1) is 20.8 Å². The highest BCUT2D eigenvalue weighted by Gasteiger charge is 2.51. The predicted octanol–water partition coefficient (Wildman–Crippen LogP) is 4.06. The van der Waals surface area contributed by atoms with Gasteiger partial charge in [0, 0.05) is 17.8 Å². The smallest absolute Gasteiger partial charge is 0.396 e. The second-order valence-corrected chi connectivity index (χ2v) is 6.34. The predicted molar refractivity (Wildman–Crippen MR) is 89.9 cm³/mol. The van der Waals surface area contributed by atoms with E-state index in [2.05, 4.69) is 19.1 Å². The van der Waals surface area contributed by atoms with Crippen LogP contribution in [-0.4, -0.2) is 22.1 Å². The van der Waals surface area contributed by atoms with E-state index in [-0.39, 0.29) is 0 Å². The summed E-state index contributed by atoms with van der Waals surface area (Å²) in [6.07, 6.45) is 6.41. The van der Waals surface area contributed by atoms with Crippen LogP contribution in [0.15, 0.2) is 48.3 Å². The Hall–Kier alpha value is -2.43. The quantitative estimate of drug-likeness (QED) is 0.702. The summed E-state index contributed by atoms with van der Waals surface area (Å²) in [4.78, 5) is 0. The highest BCUT2D eigenvalue weighted by molar-refractivity contribution is 6.57. The zero-order valence-electron chi connectivity index (χ0n) is 13.3. The summed E-state index contributed by atoms with van der Waals surface area (Å²) in [7, 11) is 0. The SMILES string of the molecule is Cc1cc(C)c(C2=C3C=CC=[N+]3[B-](F)(F)n3cccc32)c(C)c1. The average molecular weight is 310 g/mol. The first-order valence-corrected chi connectivity index (χ1v) is 7.73. The van der Waals surface area contributed by atoms with Crippen LogP contribution in [0.4, 0.5) is 8.63 Å². The number of allylic oxidation sites excluding steroid dienone is 2. The van der Waals surface area contributed by atoms with Gasteiger partial charge in [0.15, 0.2) is 5.70 Å². The number of aryl methyl sites for hydroxylation is 3. The van der Waals surface area contributed by atoms with Crippen LogP contribution in [0.5, 0.6) is 0 Å². The number of nitrogens with zero attached hydrogens (tertiary/aromatic N) is 2. The van der Waals surface area contributed by atoms with Gasteiger partial charge in [-0.25, -0.2) is 0 Å². The molecule has 0 saturated heterocycles. The molecule has 23 heavy (non-hydrogen) atoms. The molecule has 2 aliphatic rings. The highest BCUT2D eigenvalue weighted by atomic mass is 19.2. The lowest BCUT2D eigenvalue weighted by atomic mass is 9.83. The average Bonchev–Trinajstić information content (AvgIpc) is 3.11. The summed E-state index contributed by atoms with van der Waals surface area (Å²) in [5.74, 6) is 0. The van der Waals surface area contributed by atoms with Crippen molar-refractivity contribution in [3.05, 3.63) is 76.3 Å². The first kappa shape index (κ1) is 14.2. The van der Waals surface area contributed by atoms with Crippen LogP contribution in [0.2, 0.25) is 0 Å². The molecule has 0 amide bonds. The first-order valence-electron chi connectivity index (χ1n) is 7.73. The first-order chi connectivity index (χ1) is 10.9. The third kappa shape index (κ3) is 1.82. The Bertz CT molecular complexity index is 909. The third-order valence-corrected chi connectivity index (χ3v) is 4.67. The van der Waals surface area contributed by atoms with Gasteiger partial charge >= 0.3 is 6.97 Å². The van der Waals surface area contributed by atoms with Crippen molar-refractivity contribution in [2.75, 3.05) is 0 Å². The Morgan fingerprint density at radius 1 is 1.09 bits per heavy atom. The molecular weight excluding hydrogens is 293 g/mol. The van der Waals surface area contributed by atoms with Gasteiger partial charge in [-0.2, -0.15) is 0 Å². The minimum absolute atomic E-state index is 0.580. The summed E-state index contributed by atoms with van der Waals surface area (Å²) < 4.78 is 31.8. The molecule has 0 unspecified atom stereocenters. The third-order valence-electron chi connectivity index (χ3n) is 4.67. The maximum absolute atomic E-state index is 14.8. The lowest BCUT2D eigenvalue weighted by molar-refractivity contribution is -0.356. The van der Waals surface area contributed by atoms with Crippen LogP contribution in [0.1, 0.15) is 27.9 Å². The van der Waals surface area contributed by atoms with Crippen LogP contribution < -0.4 is 0 Å². The zero-order chi connectivity index (χ0) is 16.4. The van der Waals surface area contributed by atoms with E-state index in [0.29, 0.717) is 11.4 Å². The number of rotatable bonds is 1. The molecule has 0 spiro atoms. The van der Waals surface area contributed by atoms with Crippen molar-refractivity contribution in [3.63, 3.8) is 0 Å². The second kappa shape index (κ2) is 4.54. The van der Waals surface area contributed by atoms with E-state index in [1.165, 1.54) is 18.0 Å². The van der Waals surface area contributed by atoms with E-state index >= 15 is 0 Å². The molecule has 0 aliphatic carbocycles. The van der Waals surface area contributed by atoms with Crippen molar-refractivity contribution in [1.82, 2.24) is 4.48 Å². The Labute approximate surface area is 134 Å². The second-order valence-electron chi connectivity index (χ2n) is 6.34. The van der Waals surface area contributed by atoms with Gasteiger partial charge in [-0.3, -0.25) is 0 Å². The summed E-state index contributed by atoms with van der Waals surface area (Å²) in [5.41, 5.74) is 6.48. The van der Waals surface area contributed by atoms with Crippen molar-refractivity contribution in [3.8, 4) is 0 Å². The van der Waals surface area contributed by atoms with Gasteiger partial charge in [-0.05, 0) is 55.8 Å². The van der Waals surface area contributed by atoms with E-state index in [0.717, 1.165) is 31.2 Å². The number of aromatic nitrogens is 1. The summed E-state index contributed by atoms with van der Waals surface area (Å²) in [6.45, 7) is 2.31. The lowest BCUT2D eigenvalue weighted by Crippen LogP contribution is -2.49. The minimum Gasteiger partial charge on any atom is -0.396 e. The maximum atomic E-state index is 14.8. The molecule has 0 N–H and O–H groups in total. The molecule has 116 valence electrons. The van der Waals surface area contributed by atoms with Gasteiger partial charge in [0.2, 0.25) is 0 Å². The fourth-order valence-electron chi connectivity index (χ4n) is 3.85. The van der Waals surface area contributed by atoms with E-state index < -0.39 is 6.97 Å². The monoisotopic (exact) mass is 310 g/mol. The zero-order valence-corrected chi connectivity index (χ0v) is 13.3. The Morgan fingerprint density at radius 3 is 2.48 bits per heavy atom. The van der Waals surface area contributed by atoms with Crippen molar-refractivity contribution in [2.45, 2.75) is 20.8 Å². The molecule has 4 rings (SSSR count). The fraction of sp³-hybridized carbons (Fsp3) is 0.167. The van der Waals surface area contributed by atoms with E-state index in [1.54, 1.807) is 24.3 Å². The van der Waals surface area contributed by atoms with Gasteiger partial charge in [-0.1, -0.05) is 17.7 Å². The summed E-state index contributed by atoms with van der Waals surface area (Å²) in [6, 6.07) is 7.68. The molecule has 1 aromatic heterocycles. The Balaban J connectivity index is 2.10. The van der Waals surface area contributed by atoms with Crippen molar-refractivity contribution < 1.29 is 13.1 Å². The van der Waals surface area contributed by atoms with Crippen molar-refractivity contribution in [2.24, 2.45) is 0 Å². The van der Waals surface area contributed by atoms with Crippen LogP contribution in [0.3, 0.4) is 0 Å². The lowest BCUT2D eigenvalue weighted by Gasteiger charge is -2.31. The number of halogens is 2. The van der Waals surface area contributed by atoms with E-state index in [4.69, 9.17) is 0 Å².